The number of ether oxygens (including phenoxy) is 2. The van der Waals surface area contributed by atoms with Gasteiger partial charge in [0.2, 0.25) is 0 Å². The summed E-state index contributed by atoms with van der Waals surface area (Å²) in [6, 6.07) is 8.45. The van der Waals surface area contributed by atoms with E-state index in [1.54, 1.807) is 18.2 Å². The molecule has 0 saturated carbocycles. The normalized spacial score (nSPS) is 10.8. The van der Waals surface area contributed by atoms with Crippen molar-refractivity contribution in [3.63, 3.8) is 0 Å². The molecule has 3 N–H and O–H groups in total. The standard InChI is InChI=1S/C17H14F2N2O3/c18-13-7-10(20)8-14(19)17(13)24-16-3-4-21-15-9-11(23-6-5-22)1-2-12(15)16/h1-4,7-9,22H,5-6,20H2. The van der Waals surface area contributed by atoms with Gasteiger partial charge >= 0.3 is 0 Å². The second-order valence-corrected chi connectivity index (χ2v) is 4.98. The molecule has 1 heterocycles. The van der Waals surface area contributed by atoms with Crippen LogP contribution in [0.25, 0.3) is 10.9 Å². The Balaban J connectivity index is 1.98. The van der Waals surface area contributed by atoms with Crippen LogP contribution in [0.3, 0.4) is 0 Å². The number of aromatic nitrogens is 1. The Kier molecular flexibility index (Phi) is 4.43. The molecule has 124 valence electrons. The molecule has 3 rings (SSSR count). The molecule has 5 nitrogen and oxygen atoms in total. The van der Waals surface area contributed by atoms with Crippen LogP contribution in [0.15, 0.2) is 42.6 Å². The summed E-state index contributed by atoms with van der Waals surface area (Å²) in [4.78, 5) is 4.18. The fourth-order valence-electron chi connectivity index (χ4n) is 2.23. The third kappa shape index (κ3) is 3.21. The maximum atomic E-state index is 13.9. The smallest absolute Gasteiger partial charge is 0.198 e. The van der Waals surface area contributed by atoms with E-state index in [1.165, 1.54) is 12.3 Å². The van der Waals surface area contributed by atoms with Gasteiger partial charge in [0, 0.05) is 35.5 Å². The number of hydrogen-bond acceptors (Lipinski definition) is 5. The van der Waals surface area contributed by atoms with Gasteiger partial charge in [0.1, 0.15) is 18.1 Å². The number of benzene rings is 2. The Morgan fingerprint density at radius 3 is 2.54 bits per heavy atom. The Morgan fingerprint density at radius 2 is 1.83 bits per heavy atom. The van der Waals surface area contributed by atoms with Gasteiger partial charge in [0.15, 0.2) is 17.4 Å². The van der Waals surface area contributed by atoms with Gasteiger partial charge in [0.05, 0.1) is 12.1 Å². The van der Waals surface area contributed by atoms with Crippen LogP contribution in [0.1, 0.15) is 0 Å². The van der Waals surface area contributed by atoms with E-state index in [-0.39, 0.29) is 24.7 Å². The summed E-state index contributed by atoms with van der Waals surface area (Å²) < 4.78 is 38.5. The largest absolute Gasteiger partial charge is 0.491 e. The Labute approximate surface area is 136 Å². The molecule has 0 spiro atoms. The fourth-order valence-corrected chi connectivity index (χ4v) is 2.23. The van der Waals surface area contributed by atoms with Crippen LogP contribution in [-0.4, -0.2) is 23.3 Å². The molecule has 1 aromatic heterocycles. The highest BCUT2D eigenvalue weighted by Gasteiger charge is 2.15. The molecule has 3 aromatic rings. The fraction of sp³-hybridized carbons (Fsp3) is 0.118. The van der Waals surface area contributed by atoms with Crippen LogP contribution >= 0.6 is 0 Å². The zero-order chi connectivity index (χ0) is 17.1. The molecule has 24 heavy (non-hydrogen) atoms. The number of hydrogen-bond donors (Lipinski definition) is 2. The molecular formula is C17H14F2N2O3. The van der Waals surface area contributed by atoms with E-state index in [2.05, 4.69) is 4.98 Å². The third-order valence-electron chi connectivity index (χ3n) is 3.27. The van der Waals surface area contributed by atoms with E-state index in [9.17, 15) is 8.78 Å². The monoisotopic (exact) mass is 332 g/mol. The summed E-state index contributed by atoms with van der Waals surface area (Å²) in [7, 11) is 0. The van der Waals surface area contributed by atoms with Crippen LogP contribution in [-0.2, 0) is 0 Å². The lowest BCUT2D eigenvalue weighted by Crippen LogP contribution is -2.01. The number of anilines is 1. The average Bonchev–Trinajstić information content (AvgIpc) is 2.56. The first-order valence-electron chi connectivity index (χ1n) is 7.13. The highest BCUT2D eigenvalue weighted by Crippen LogP contribution is 2.34. The molecule has 0 aliphatic carbocycles. The van der Waals surface area contributed by atoms with Crippen LogP contribution in [0.2, 0.25) is 0 Å². The summed E-state index contributed by atoms with van der Waals surface area (Å²) in [6.45, 7) is 0.0495. The first-order valence-corrected chi connectivity index (χ1v) is 7.13. The number of halogens is 2. The Hall–Kier alpha value is -2.93. The number of aliphatic hydroxyl groups excluding tert-OH is 1. The molecular weight excluding hydrogens is 318 g/mol. The van der Waals surface area contributed by atoms with Gasteiger partial charge in [-0.25, -0.2) is 8.78 Å². The van der Waals surface area contributed by atoms with Crippen molar-refractivity contribution in [3.8, 4) is 17.2 Å². The third-order valence-corrected chi connectivity index (χ3v) is 3.27. The molecule has 0 radical (unpaired) electrons. The van der Waals surface area contributed by atoms with Gasteiger partial charge in [0.25, 0.3) is 0 Å². The topological polar surface area (TPSA) is 77.6 Å². The molecule has 0 bridgehead atoms. The molecule has 0 unspecified atom stereocenters. The van der Waals surface area contributed by atoms with E-state index in [0.29, 0.717) is 16.7 Å². The van der Waals surface area contributed by atoms with Crippen LogP contribution in [0.4, 0.5) is 14.5 Å². The predicted octanol–water partition coefficient (Wildman–Crippen LogP) is 3.26. The molecule has 0 atom stereocenters. The molecule has 7 heteroatoms. The lowest BCUT2D eigenvalue weighted by molar-refractivity contribution is 0.201. The van der Waals surface area contributed by atoms with Gasteiger partial charge in [-0.1, -0.05) is 0 Å². The Bertz CT molecular complexity index is 864. The zero-order valence-corrected chi connectivity index (χ0v) is 12.5. The molecule has 0 amide bonds. The van der Waals surface area contributed by atoms with Crippen molar-refractivity contribution in [1.82, 2.24) is 4.98 Å². The van der Waals surface area contributed by atoms with Gasteiger partial charge in [-0.05, 0) is 18.2 Å². The van der Waals surface area contributed by atoms with Gasteiger partial charge in [-0.2, -0.15) is 0 Å². The molecule has 0 fully saturated rings. The van der Waals surface area contributed by atoms with E-state index >= 15 is 0 Å². The van der Waals surface area contributed by atoms with Crippen molar-refractivity contribution in [1.29, 1.82) is 0 Å². The second kappa shape index (κ2) is 6.67. The van der Waals surface area contributed by atoms with E-state index in [1.807, 2.05) is 0 Å². The van der Waals surface area contributed by atoms with Crippen molar-refractivity contribution in [2.45, 2.75) is 0 Å². The summed E-state index contributed by atoms with van der Waals surface area (Å²) in [5.41, 5.74) is 5.89. The minimum Gasteiger partial charge on any atom is -0.491 e. The van der Waals surface area contributed by atoms with Gasteiger partial charge in [-0.15, -0.1) is 0 Å². The predicted molar refractivity (Wildman–Crippen MR) is 85.2 cm³/mol. The van der Waals surface area contributed by atoms with Crippen molar-refractivity contribution < 1.29 is 23.4 Å². The number of pyridine rings is 1. The average molecular weight is 332 g/mol. The highest BCUT2D eigenvalue weighted by molar-refractivity contribution is 5.86. The maximum absolute atomic E-state index is 13.9. The number of nitrogens with two attached hydrogens (primary N) is 1. The van der Waals surface area contributed by atoms with Crippen LogP contribution in [0.5, 0.6) is 17.2 Å². The van der Waals surface area contributed by atoms with Crippen molar-refractivity contribution >= 4 is 16.6 Å². The van der Waals surface area contributed by atoms with Crippen molar-refractivity contribution in [2.75, 3.05) is 18.9 Å². The SMILES string of the molecule is Nc1cc(F)c(Oc2ccnc3cc(OCCO)ccc23)c(F)c1. The molecule has 0 aliphatic rings. The number of nitrogen functional groups attached to an aromatic ring is 1. The van der Waals surface area contributed by atoms with E-state index in [4.69, 9.17) is 20.3 Å². The second-order valence-electron chi connectivity index (χ2n) is 4.98. The number of nitrogens with zero attached hydrogens (tertiary/aromatic N) is 1. The van der Waals surface area contributed by atoms with Crippen molar-refractivity contribution in [3.05, 3.63) is 54.2 Å². The van der Waals surface area contributed by atoms with Crippen LogP contribution < -0.4 is 15.2 Å². The van der Waals surface area contributed by atoms with E-state index < -0.39 is 17.4 Å². The lowest BCUT2D eigenvalue weighted by Gasteiger charge is -2.11. The van der Waals surface area contributed by atoms with E-state index in [0.717, 1.165) is 12.1 Å². The minimum atomic E-state index is -0.889. The van der Waals surface area contributed by atoms with Gasteiger partial charge in [-0.3, -0.25) is 4.98 Å². The summed E-state index contributed by atoms with van der Waals surface area (Å²) in [5, 5.41) is 9.34. The quantitative estimate of drug-likeness (QED) is 0.701. The number of aliphatic hydroxyl groups is 1. The number of fused-ring (bicyclic) bond motifs is 1. The molecule has 0 saturated heterocycles. The zero-order valence-electron chi connectivity index (χ0n) is 12.5. The Morgan fingerprint density at radius 1 is 1.08 bits per heavy atom. The maximum Gasteiger partial charge on any atom is 0.198 e. The minimum absolute atomic E-state index is 0.0254. The summed E-state index contributed by atoms with van der Waals surface area (Å²) >= 11 is 0. The summed E-state index contributed by atoms with van der Waals surface area (Å²) in [6.07, 6.45) is 1.46. The van der Waals surface area contributed by atoms with Crippen LogP contribution in [0, 0.1) is 11.6 Å². The first-order chi connectivity index (χ1) is 11.6. The molecule has 0 aliphatic heterocycles. The highest BCUT2D eigenvalue weighted by atomic mass is 19.1. The first kappa shape index (κ1) is 15.9. The lowest BCUT2D eigenvalue weighted by atomic mass is 10.2. The molecule has 2 aromatic carbocycles. The number of rotatable bonds is 5. The van der Waals surface area contributed by atoms with Gasteiger partial charge < -0.3 is 20.3 Å². The summed E-state index contributed by atoms with van der Waals surface area (Å²) in [5.74, 6) is -1.54. The van der Waals surface area contributed by atoms with Crippen molar-refractivity contribution in [2.24, 2.45) is 0 Å².